The van der Waals surface area contributed by atoms with Crippen LogP contribution in [0.15, 0.2) is 47.0 Å². The number of nitrogens with one attached hydrogen (secondary N) is 1. The average molecular weight is 506 g/mol. The molecule has 11 heteroatoms. The number of anilines is 1. The van der Waals surface area contributed by atoms with Crippen molar-refractivity contribution < 1.29 is 26.8 Å². The van der Waals surface area contributed by atoms with E-state index in [9.17, 15) is 18.0 Å². The summed E-state index contributed by atoms with van der Waals surface area (Å²) in [4.78, 5) is 18.8. The third kappa shape index (κ3) is 6.26. The molecule has 1 saturated carbocycles. The zero-order chi connectivity index (χ0) is 25.7. The van der Waals surface area contributed by atoms with Crippen molar-refractivity contribution in [1.82, 2.24) is 20.5 Å². The first-order valence-electron chi connectivity index (χ1n) is 11.8. The SMILES string of the molecule is CC(F)(CNC1CCCCC1)C(=O)N(Cc1ccc(-c2nnc(C(F)F)o2)cn1)c1cccc(F)c1. The Kier molecular flexibility index (Phi) is 7.97. The topological polar surface area (TPSA) is 84.2 Å². The number of halogens is 4. The van der Waals surface area contributed by atoms with Crippen LogP contribution in [0.1, 0.15) is 57.0 Å². The van der Waals surface area contributed by atoms with Gasteiger partial charge in [0.25, 0.3) is 11.8 Å². The minimum atomic E-state index is -2.90. The van der Waals surface area contributed by atoms with Gasteiger partial charge in [-0.05, 0) is 50.1 Å². The van der Waals surface area contributed by atoms with Gasteiger partial charge >= 0.3 is 6.43 Å². The molecule has 0 radical (unpaired) electrons. The van der Waals surface area contributed by atoms with Crippen LogP contribution in [0.5, 0.6) is 0 Å². The smallest absolute Gasteiger partial charge is 0.314 e. The summed E-state index contributed by atoms with van der Waals surface area (Å²) in [5.41, 5.74) is -1.40. The monoisotopic (exact) mass is 505 g/mol. The van der Waals surface area contributed by atoms with E-state index < -0.39 is 29.7 Å². The quantitative estimate of drug-likeness (QED) is 0.393. The van der Waals surface area contributed by atoms with Gasteiger partial charge in [0.05, 0.1) is 17.8 Å². The molecule has 36 heavy (non-hydrogen) atoms. The molecule has 0 saturated heterocycles. The maximum atomic E-state index is 15.7. The zero-order valence-electron chi connectivity index (χ0n) is 19.8. The molecule has 1 aromatic carbocycles. The van der Waals surface area contributed by atoms with E-state index >= 15 is 4.39 Å². The molecule has 1 unspecified atom stereocenters. The van der Waals surface area contributed by atoms with Gasteiger partial charge < -0.3 is 14.6 Å². The molecular formula is C25H27F4N5O2. The number of benzene rings is 1. The number of carbonyl (C=O) groups is 1. The second-order valence-corrected chi connectivity index (χ2v) is 9.07. The van der Waals surface area contributed by atoms with Crippen molar-refractivity contribution in [2.75, 3.05) is 11.4 Å². The van der Waals surface area contributed by atoms with Gasteiger partial charge in [0.15, 0.2) is 5.67 Å². The normalized spacial score (nSPS) is 16.2. The standard InChI is InChI=1S/C25H27F4N5O2/c1-25(29,15-31-18-7-3-2-4-8-18)24(35)34(20-9-5-6-17(26)12-20)14-19-11-10-16(13-30-19)22-32-33-23(36-22)21(27)28/h5-6,9-13,18,21,31H,2-4,7-8,14-15H2,1H3. The van der Waals surface area contributed by atoms with Crippen molar-refractivity contribution in [2.45, 2.75) is 63.7 Å². The number of pyridine rings is 1. The first-order valence-corrected chi connectivity index (χ1v) is 11.8. The van der Waals surface area contributed by atoms with Crippen LogP contribution in [0.25, 0.3) is 11.5 Å². The van der Waals surface area contributed by atoms with E-state index in [4.69, 9.17) is 4.42 Å². The van der Waals surface area contributed by atoms with Crippen molar-refractivity contribution in [1.29, 1.82) is 0 Å². The molecule has 2 heterocycles. The first kappa shape index (κ1) is 25.7. The molecule has 0 bridgehead atoms. The third-order valence-electron chi connectivity index (χ3n) is 6.16. The molecule has 1 N–H and O–H groups in total. The predicted octanol–water partition coefficient (Wildman–Crippen LogP) is 5.39. The van der Waals surface area contributed by atoms with Gasteiger partial charge in [0, 0.05) is 24.5 Å². The third-order valence-corrected chi connectivity index (χ3v) is 6.16. The summed E-state index contributed by atoms with van der Waals surface area (Å²) in [5.74, 6) is -2.34. The van der Waals surface area contributed by atoms with Crippen molar-refractivity contribution in [3.05, 3.63) is 60.0 Å². The summed E-state index contributed by atoms with van der Waals surface area (Å²) < 4.78 is 60.0. The second kappa shape index (κ2) is 11.2. The van der Waals surface area contributed by atoms with Crippen LogP contribution in [0.3, 0.4) is 0 Å². The van der Waals surface area contributed by atoms with Crippen molar-refractivity contribution >= 4 is 11.6 Å². The highest BCUT2D eigenvalue weighted by Gasteiger charge is 2.38. The maximum Gasteiger partial charge on any atom is 0.314 e. The highest BCUT2D eigenvalue weighted by Crippen LogP contribution is 2.26. The molecule has 1 aliphatic rings. The molecule has 4 rings (SSSR count). The molecule has 1 aliphatic carbocycles. The summed E-state index contributed by atoms with van der Waals surface area (Å²) in [6.45, 7) is 0.903. The fourth-order valence-corrected chi connectivity index (χ4v) is 4.17. The van der Waals surface area contributed by atoms with Crippen LogP contribution in [0.4, 0.5) is 23.2 Å². The van der Waals surface area contributed by atoms with E-state index in [0.717, 1.165) is 43.1 Å². The Bertz CT molecular complexity index is 1160. The molecule has 1 fully saturated rings. The van der Waals surface area contributed by atoms with E-state index in [1.165, 1.54) is 43.5 Å². The van der Waals surface area contributed by atoms with Gasteiger partial charge in [0.2, 0.25) is 5.89 Å². The van der Waals surface area contributed by atoms with Gasteiger partial charge in [-0.15, -0.1) is 10.2 Å². The summed E-state index contributed by atoms with van der Waals surface area (Å²) in [5, 5.41) is 10.0. The highest BCUT2D eigenvalue weighted by molar-refractivity contribution is 5.99. The summed E-state index contributed by atoms with van der Waals surface area (Å²) >= 11 is 0. The fraction of sp³-hybridized carbons (Fsp3) is 0.440. The average Bonchev–Trinajstić information content (AvgIpc) is 3.38. The van der Waals surface area contributed by atoms with Gasteiger partial charge in [-0.3, -0.25) is 9.78 Å². The Labute approximate surface area is 205 Å². The Morgan fingerprint density at radius 1 is 1.19 bits per heavy atom. The summed E-state index contributed by atoms with van der Waals surface area (Å²) in [7, 11) is 0. The van der Waals surface area contributed by atoms with E-state index in [0.29, 0.717) is 11.3 Å². The number of amides is 1. The Hall–Kier alpha value is -3.34. The molecule has 3 aromatic rings. The van der Waals surface area contributed by atoms with E-state index in [1.54, 1.807) is 0 Å². The Morgan fingerprint density at radius 3 is 2.61 bits per heavy atom. The van der Waals surface area contributed by atoms with Crippen molar-refractivity contribution in [2.24, 2.45) is 0 Å². The number of rotatable bonds is 9. The molecular weight excluding hydrogens is 478 g/mol. The van der Waals surface area contributed by atoms with Crippen molar-refractivity contribution in [3.63, 3.8) is 0 Å². The van der Waals surface area contributed by atoms with Crippen LogP contribution in [-0.4, -0.2) is 39.3 Å². The van der Waals surface area contributed by atoms with E-state index in [-0.39, 0.29) is 30.7 Å². The molecule has 7 nitrogen and oxygen atoms in total. The minimum absolute atomic E-state index is 0.132. The van der Waals surface area contributed by atoms with Gasteiger partial charge in [-0.1, -0.05) is 25.3 Å². The maximum absolute atomic E-state index is 15.7. The Morgan fingerprint density at radius 2 is 1.97 bits per heavy atom. The van der Waals surface area contributed by atoms with Crippen LogP contribution < -0.4 is 10.2 Å². The fourth-order valence-electron chi connectivity index (χ4n) is 4.17. The Balaban J connectivity index is 1.52. The number of alkyl halides is 3. The zero-order valence-corrected chi connectivity index (χ0v) is 19.8. The molecule has 0 spiro atoms. The number of hydrogen-bond acceptors (Lipinski definition) is 6. The number of carbonyl (C=O) groups excluding carboxylic acids is 1. The van der Waals surface area contributed by atoms with E-state index in [2.05, 4.69) is 20.5 Å². The van der Waals surface area contributed by atoms with Crippen LogP contribution in [0.2, 0.25) is 0 Å². The lowest BCUT2D eigenvalue weighted by Crippen LogP contribution is -2.51. The van der Waals surface area contributed by atoms with Crippen LogP contribution >= 0.6 is 0 Å². The van der Waals surface area contributed by atoms with Gasteiger partial charge in [-0.25, -0.2) is 8.78 Å². The lowest BCUT2D eigenvalue weighted by Gasteiger charge is -2.31. The molecule has 1 atom stereocenters. The number of aromatic nitrogens is 3. The summed E-state index contributed by atoms with van der Waals surface area (Å²) in [6, 6.07) is 8.54. The highest BCUT2D eigenvalue weighted by atomic mass is 19.3. The van der Waals surface area contributed by atoms with Crippen molar-refractivity contribution in [3.8, 4) is 11.5 Å². The van der Waals surface area contributed by atoms with Gasteiger partial charge in [-0.2, -0.15) is 8.78 Å². The minimum Gasteiger partial charge on any atom is -0.415 e. The lowest BCUT2D eigenvalue weighted by atomic mass is 9.94. The lowest BCUT2D eigenvalue weighted by molar-refractivity contribution is -0.129. The predicted molar refractivity (Wildman–Crippen MR) is 124 cm³/mol. The van der Waals surface area contributed by atoms with Crippen LogP contribution in [0, 0.1) is 5.82 Å². The van der Waals surface area contributed by atoms with E-state index in [1.807, 2.05) is 0 Å². The largest absolute Gasteiger partial charge is 0.415 e. The first-order chi connectivity index (χ1) is 17.2. The molecule has 192 valence electrons. The molecule has 0 aliphatic heterocycles. The summed E-state index contributed by atoms with van der Waals surface area (Å²) in [6.07, 6.45) is 3.60. The molecule has 1 amide bonds. The van der Waals surface area contributed by atoms with Crippen LogP contribution in [-0.2, 0) is 11.3 Å². The van der Waals surface area contributed by atoms with Gasteiger partial charge in [0.1, 0.15) is 5.82 Å². The number of nitrogens with zero attached hydrogens (tertiary/aromatic N) is 4. The number of hydrogen-bond donors (Lipinski definition) is 1. The molecule has 2 aromatic heterocycles. The second-order valence-electron chi connectivity index (χ2n) is 9.07.